The molecule has 1 N–H and O–H groups in total. The normalized spacial score (nSPS) is 28.8. The number of carbonyl (C=O) groups excluding carboxylic acids is 1. The van der Waals surface area contributed by atoms with Gasteiger partial charge in [-0.25, -0.2) is 0 Å². The molecule has 1 aliphatic heterocycles. The van der Waals surface area contributed by atoms with E-state index in [1.807, 2.05) is 47.4 Å². The molecule has 2 aliphatic carbocycles. The maximum atomic E-state index is 13.1. The molecule has 7 nitrogen and oxygen atoms in total. The molecule has 2 heterocycles. The predicted molar refractivity (Wildman–Crippen MR) is 104 cm³/mol. The smallest absolute Gasteiger partial charge is 0.307 e. The first-order chi connectivity index (χ1) is 14.1. The first-order valence-electron chi connectivity index (χ1n) is 10.2. The fourth-order valence-corrected chi connectivity index (χ4v) is 5.15. The summed E-state index contributed by atoms with van der Waals surface area (Å²) in [6, 6.07) is 9.66. The standard InChI is InChI=1S/C22H23N3O4/c26-21(17-15-6-7-16(12-15)18(17)22(27)28)25-10-8-14(9-11-25)20-24-23-19(29-20)13-4-2-1-3-5-13/h1-7,14-18H,8-12H2,(H,27,28)/t15?,16?,17-,18+/m1/s1. The summed E-state index contributed by atoms with van der Waals surface area (Å²) in [4.78, 5) is 26.7. The maximum Gasteiger partial charge on any atom is 0.307 e. The van der Waals surface area contributed by atoms with Gasteiger partial charge in [-0.2, -0.15) is 0 Å². The molecule has 4 atom stereocenters. The van der Waals surface area contributed by atoms with Crippen molar-refractivity contribution in [3.63, 3.8) is 0 Å². The Balaban J connectivity index is 1.24. The minimum absolute atomic E-state index is 0.00112. The van der Waals surface area contributed by atoms with E-state index in [-0.39, 0.29) is 23.7 Å². The summed E-state index contributed by atoms with van der Waals surface area (Å²) in [6.07, 6.45) is 6.28. The number of carboxylic acids is 1. The number of hydrogen-bond acceptors (Lipinski definition) is 5. The second kappa shape index (κ2) is 7.13. The molecule has 29 heavy (non-hydrogen) atoms. The molecule has 1 saturated heterocycles. The van der Waals surface area contributed by atoms with Gasteiger partial charge >= 0.3 is 5.97 Å². The number of hydrogen-bond donors (Lipinski definition) is 1. The number of carbonyl (C=O) groups is 2. The fourth-order valence-electron chi connectivity index (χ4n) is 5.15. The lowest BCUT2D eigenvalue weighted by Gasteiger charge is -2.35. The molecule has 2 unspecified atom stereocenters. The highest BCUT2D eigenvalue weighted by Gasteiger charge is 2.52. The van der Waals surface area contributed by atoms with E-state index in [4.69, 9.17) is 4.42 Å². The number of nitrogens with zero attached hydrogens (tertiary/aromatic N) is 3. The Labute approximate surface area is 168 Å². The molecular weight excluding hydrogens is 370 g/mol. The van der Waals surface area contributed by atoms with Crippen molar-refractivity contribution < 1.29 is 19.1 Å². The van der Waals surface area contributed by atoms with Crippen molar-refractivity contribution in [2.45, 2.75) is 25.2 Å². The molecule has 2 aromatic rings. The van der Waals surface area contributed by atoms with Gasteiger partial charge in [0.15, 0.2) is 0 Å². The third kappa shape index (κ3) is 3.14. The molecule has 0 spiro atoms. The van der Waals surface area contributed by atoms with Crippen LogP contribution in [0.1, 0.15) is 31.1 Å². The Morgan fingerprint density at radius 2 is 1.69 bits per heavy atom. The number of likely N-dealkylation sites (tertiary alicyclic amines) is 1. The number of piperidine rings is 1. The third-order valence-electron chi connectivity index (χ3n) is 6.65. The van der Waals surface area contributed by atoms with Crippen molar-refractivity contribution in [2.24, 2.45) is 23.7 Å². The van der Waals surface area contributed by atoms with E-state index in [9.17, 15) is 14.7 Å². The largest absolute Gasteiger partial charge is 0.481 e. The molecule has 5 rings (SSSR count). The summed E-state index contributed by atoms with van der Waals surface area (Å²) in [5.41, 5.74) is 0.892. The zero-order valence-corrected chi connectivity index (χ0v) is 16.0. The summed E-state index contributed by atoms with van der Waals surface area (Å²) in [6.45, 7) is 1.19. The van der Waals surface area contributed by atoms with Crippen molar-refractivity contribution in [2.75, 3.05) is 13.1 Å². The Hall–Kier alpha value is -2.96. The lowest BCUT2D eigenvalue weighted by Crippen LogP contribution is -2.45. The van der Waals surface area contributed by atoms with Crippen LogP contribution in [0, 0.1) is 23.7 Å². The molecule has 1 amide bonds. The van der Waals surface area contributed by atoms with Gasteiger partial charge in [0.05, 0.1) is 11.8 Å². The number of amides is 1. The van der Waals surface area contributed by atoms with Crippen LogP contribution in [-0.2, 0) is 9.59 Å². The molecule has 7 heteroatoms. The van der Waals surface area contributed by atoms with E-state index in [1.165, 1.54) is 0 Å². The molecule has 2 fully saturated rings. The Morgan fingerprint density at radius 1 is 1.00 bits per heavy atom. The zero-order chi connectivity index (χ0) is 20.0. The Kier molecular flexibility index (Phi) is 4.45. The molecule has 3 aliphatic rings. The summed E-state index contributed by atoms with van der Waals surface area (Å²) in [7, 11) is 0. The summed E-state index contributed by atoms with van der Waals surface area (Å²) < 4.78 is 5.88. The highest BCUT2D eigenvalue weighted by molar-refractivity contribution is 5.87. The van der Waals surface area contributed by atoms with Crippen molar-refractivity contribution in [3.8, 4) is 11.5 Å². The van der Waals surface area contributed by atoms with Crippen LogP contribution in [0.2, 0.25) is 0 Å². The van der Waals surface area contributed by atoms with Crippen LogP contribution >= 0.6 is 0 Å². The van der Waals surface area contributed by atoms with Gasteiger partial charge in [-0.05, 0) is 43.2 Å². The van der Waals surface area contributed by atoms with Crippen molar-refractivity contribution in [1.29, 1.82) is 0 Å². The van der Waals surface area contributed by atoms with E-state index in [1.54, 1.807) is 0 Å². The second-order valence-corrected chi connectivity index (χ2v) is 8.25. The first kappa shape index (κ1) is 18.1. The minimum Gasteiger partial charge on any atom is -0.481 e. The minimum atomic E-state index is -0.852. The highest BCUT2D eigenvalue weighted by atomic mass is 16.4. The number of fused-ring (bicyclic) bond motifs is 2. The van der Waals surface area contributed by atoms with E-state index in [0.717, 1.165) is 24.8 Å². The predicted octanol–water partition coefficient (Wildman–Crippen LogP) is 2.97. The topological polar surface area (TPSA) is 96.5 Å². The number of rotatable bonds is 4. The third-order valence-corrected chi connectivity index (χ3v) is 6.65. The van der Waals surface area contributed by atoms with E-state index < -0.39 is 17.8 Å². The molecule has 1 aromatic carbocycles. The maximum absolute atomic E-state index is 13.1. The van der Waals surface area contributed by atoms with Gasteiger partial charge in [0, 0.05) is 24.6 Å². The van der Waals surface area contributed by atoms with Gasteiger partial charge in [0.2, 0.25) is 17.7 Å². The Morgan fingerprint density at radius 3 is 2.38 bits per heavy atom. The van der Waals surface area contributed by atoms with Gasteiger partial charge in [-0.3, -0.25) is 9.59 Å². The van der Waals surface area contributed by atoms with Crippen LogP contribution in [0.4, 0.5) is 0 Å². The second-order valence-electron chi connectivity index (χ2n) is 8.25. The van der Waals surface area contributed by atoms with E-state index >= 15 is 0 Å². The van der Waals surface area contributed by atoms with Crippen LogP contribution < -0.4 is 0 Å². The average Bonchev–Trinajstić information content (AvgIpc) is 3.49. The number of benzene rings is 1. The SMILES string of the molecule is O=C(O)[C@H]1C2C=CC(C2)[C@H]1C(=O)N1CCC(c2nnc(-c3ccccc3)o2)CC1. The van der Waals surface area contributed by atoms with Gasteiger partial charge in [-0.15, -0.1) is 10.2 Å². The fraction of sp³-hybridized carbons (Fsp3) is 0.455. The zero-order valence-electron chi connectivity index (χ0n) is 16.0. The van der Waals surface area contributed by atoms with Gasteiger partial charge in [0.25, 0.3) is 0 Å². The van der Waals surface area contributed by atoms with Crippen LogP contribution in [0.3, 0.4) is 0 Å². The number of aliphatic carboxylic acids is 1. The number of allylic oxidation sites excluding steroid dienone is 2. The quantitative estimate of drug-likeness (QED) is 0.802. The highest BCUT2D eigenvalue weighted by Crippen LogP contribution is 2.49. The van der Waals surface area contributed by atoms with Crippen LogP contribution in [0.15, 0.2) is 46.9 Å². The summed E-state index contributed by atoms with van der Waals surface area (Å²) in [5.74, 6) is -0.558. The monoisotopic (exact) mass is 393 g/mol. The van der Waals surface area contributed by atoms with E-state index in [2.05, 4.69) is 10.2 Å². The molecule has 2 bridgehead atoms. The van der Waals surface area contributed by atoms with Gasteiger partial charge in [-0.1, -0.05) is 30.4 Å². The molecular formula is C22H23N3O4. The number of carboxylic acid groups (broad SMARTS) is 1. The molecule has 0 radical (unpaired) electrons. The Bertz CT molecular complexity index is 946. The van der Waals surface area contributed by atoms with Crippen LogP contribution in [0.25, 0.3) is 11.5 Å². The van der Waals surface area contributed by atoms with Crippen LogP contribution in [-0.4, -0.2) is 45.2 Å². The van der Waals surface area contributed by atoms with Crippen molar-refractivity contribution in [1.82, 2.24) is 15.1 Å². The molecule has 1 saturated carbocycles. The van der Waals surface area contributed by atoms with E-state index in [0.29, 0.717) is 24.9 Å². The lowest BCUT2D eigenvalue weighted by molar-refractivity contribution is -0.151. The van der Waals surface area contributed by atoms with Crippen molar-refractivity contribution in [3.05, 3.63) is 48.4 Å². The molecule has 1 aromatic heterocycles. The lowest BCUT2D eigenvalue weighted by atomic mass is 9.81. The van der Waals surface area contributed by atoms with Crippen LogP contribution in [0.5, 0.6) is 0 Å². The summed E-state index contributed by atoms with van der Waals surface area (Å²) >= 11 is 0. The number of aromatic nitrogens is 2. The summed E-state index contributed by atoms with van der Waals surface area (Å²) in [5, 5.41) is 18.0. The van der Waals surface area contributed by atoms with Gasteiger partial charge < -0.3 is 14.4 Å². The average molecular weight is 393 g/mol. The molecule has 150 valence electrons. The van der Waals surface area contributed by atoms with Gasteiger partial charge in [0.1, 0.15) is 0 Å². The first-order valence-corrected chi connectivity index (χ1v) is 10.2. The van der Waals surface area contributed by atoms with Crippen molar-refractivity contribution >= 4 is 11.9 Å².